The van der Waals surface area contributed by atoms with E-state index in [0.29, 0.717) is 12.6 Å². The molecule has 1 saturated heterocycles. The molecular weight excluding hydrogens is 188 g/mol. The average molecular weight is 204 g/mol. The molecule has 1 N–H and O–H groups in total. The van der Waals surface area contributed by atoms with Crippen LogP contribution in [-0.2, 0) is 0 Å². The highest BCUT2D eigenvalue weighted by Crippen LogP contribution is 2.25. The van der Waals surface area contributed by atoms with Gasteiger partial charge in [0.25, 0.3) is 0 Å². The first-order valence-corrected chi connectivity index (χ1v) is 5.49. The molecule has 3 nitrogen and oxygen atoms in total. The van der Waals surface area contributed by atoms with Crippen LogP contribution in [-0.4, -0.2) is 19.1 Å². The fraction of sp³-hybridized carbons (Fsp3) is 0.500. The van der Waals surface area contributed by atoms with E-state index in [2.05, 4.69) is 22.6 Å². The first-order valence-electron chi connectivity index (χ1n) is 5.49. The number of hydrogen-bond donors (Lipinski definition) is 1. The molecule has 1 aromatic carbocycles. The Morgan fingerprint density at radius 2 is 2.20 bits per heavy atom. The van der Waals surface area contributed by atoms with Crippen molar-refractivity contribution in [2.75, 3.05) is 13.1 Å². The standard InChI is InChI=1S/C12H16N2O/c15-14-9-11(12-7-4-8-13-12)10-5-2-1-3-6-10/h1-3,5-6,11-13H,4,7-9H2/t11-,12-/m0/s1. The average Bonchev–Trinajstić information content (AvgIpc) is 2.80. The first-order chi connectivity index (χ1) is 7.42. The molecule has 2 rings (SSSR count). The van der Waals surface area contributed by atoms with Crippen molar-refractivity contribution in [3.8, 4) is 0 Å². The summed E-state index contributed by atoms with van der Waals surface area (Å²) in [4.78, 5) is 10.5. The molecule has 0 unspecified atom stereocenters. The maximum Gasteiger partial charge on any atom is 0.0894 e. The summed E-state index contributed by atoms with van der Waals surface area (Å²) >= 11 is 0. The minimum Gasteiger partial charge on any atom is -0.313 e. The van der Waals surface area contributed by atoms with Crippen molar-refractivity contribution in [1.82, 2.24) is 5.32 Å². The molecular formula is C12H16N2O. The van der Waals surface area contributed by atoms with Crippen molar-refractivity contribution in [2.24, 2.45) is 5.18 Å². The van der Waals surface area contributed by atoms with Gasteiger partial charge in [0.05, 0.1) is 6.54 Å². The van der Waals surface area contributed by atoms with E-state index in [1.165, 1.54) is 12.0 Å². The molecule has 1 fully saturated rings. The Morgan fingerprint density at radius 3 is 2.80 bits per heavy atom. The molecule has 1 aliphatic heterocycles. The lowest BCUT2D eigenvalue weighted by Crippen LogP contribution is -2.30. The topological polar surface area (TPSA) is 41.5 Å². The summed E-state index contributed by atoms with van der Waals surface area (Å²) in [6.45, 7) is 1.44. The first kappa shape index (κ1) is 10.3. The van der Waals surface area contributed by atoms with Gasteiger partial charge in [0.1, 0.15) is 0 Å². The van der Waals surface area contributed by atoms with Crippen molar-refractivity contribution in [3.05, 3.63) is 40.8 Å². The lowest BCUT2D eigenvalue weighted by atomic mass is 9.91. The van der Waals surface area contributed by atoms with Gasteiger partial charge in [-0.1, -0.05) is 35.5 Å². The van der Waals surface area contributed by atoms with Crippen LogP contribution in [0.5, 0.6) is 0 Å². The smallest absolute Gasteiger partial charge is 0.0894 e. The molecule has 0 amide bonds. The summed E-state index contributed by atoms with van der Waals surface area (Å²) in [6, 6.07) is 10.6. The number of rotatable bonds is 4. The molecule has 15 heavy (non-hydrogen) atoms. The normalized spacial score (nSPS) is 22.5. The second kappa shape index (κ2) is 5.03. The highest BCUT2D eigenvalue weighted by molar-refractivity contribution is 5.22. The Morgan fingerprint density at radius 1 is 1.40 bits per heavy atom. The second-order valence-corrected chi connectivity index (χ2v) is 4.03. The zero-order valence-corrected chi connectivity index (χ0v) is 8.73. The number of nitrogens with one attached hydrogen (secondary N) is 1. The summed E-state index contributed by atoms with van der Waals surface area (Å²) in [6.07, 6.45) is 2.35. The lowest BCUT2D eigenvalue weighted by molar-refractivity contribution is 0.494. The molecule has 0 aliphatic carbocycles. The van der Waals surface area contributed by atoms with Crippen molar-refractivity contribution in [2.45, 2.75) is 24.8 Å². The minimum absolute atomic E-state index is 0.242. The van der Waals surface area contributed by atoms with E-state index in [0.717, 1.165) is 13.0 Å². The summed E-state index contributed by atoms with van der Waals surface area (Å²) < 4.78 is 0. The van der Waals surface area contributed by atoms with Crippen molar-refractivity contribution in [1.29, 1.82) is 0 Å². The predicted octanol–water partition coefficient (Wildman–Crippen LogP) is 2.29. The number of benzene rings is 1. The van der Waals surface area contributed by atoms with E-state index in [1.807, 2.05) is 18.2 Å². The number of nitrogens with zero attached hydrogens (tertiary/aromatic N) is 1. The zero-order chi connectivity index (χ0) is 10.5. The van der Waals surface area contributed by atoms with Gasteiger partial charge in [0.2, 0.25) is 0 Å². The molecule has 0 aromatic heterocycles. The van der Waals surface area contributed by atoms with Crippen LogP contribution in [0.1, 0.15) is 24.3 Å². The van der Waals surface area contributed by atoms with Crippen molar-refractivity contribution >= 4 is 0 Å². The van der Waals surface area contributed by atoms with Gasteiger partial charge in [-0.3, -0.25) is 0 Å². The SMILES string of the molecule is O=NC[C@@H](c1ccccc1)[C@@H]1CCCN1. The molecule has 2 atom stereocenters. The molecule has 3 heteroatoms. The highest BCUT2D eigenvalue weighted by atomic mass is 16.3. The third-order valence-corrected chi connectivity index (χ3v) is 3.08. The van der Waals surface area contributed by atoms with E-state index in [1.54, 1.807) is 0 Å². The third kappa shape index (κ3) is 2.42. The van der Waals surface area contributed by atoms with Crippen LogP contribution in [0.4, 0.5) is 0 Å². The van der Waals surface area contributed by atoms with Gasteiger partial charge >= 0.3 is 0 Å². The van der Waals surface area contributed by atoms with E-state index in [-0.39, 0.29) is 5.92 Å². The number of hydrogen-bond acceptors (Lipinski definition) is 3. The monoisotopic (exact) mass is 204 g/mol. The summed E-state index contributed by atoms with van der Waals surface area (Å²) in [7, 11) is 0. The van der Waals surface area contributed by atoms with Crippen LogP contribution < -0.4 is 5.32 Å². The van der Waals surface area contributed by atoms with Crippen LogP contribution in [0.25, 0.3) is 0 Å². The van der Waals surface area contributed by atoms with E-state index >= 15 is 0 Å². The molecule has 1 heterocycles. The Balaban J connectivity index is 2.15. The highest BCUT2D eigenvalue weighted by Gasteiger charge is 2.25. The number of nitroso groups, excluding NO2 is 1. The third-order valence-electron chi connectivity index (χ3n) is 3.08. The van der Waals surface area contributed by atoms with Crippen molar-refractivity contribution in [3.63, 3.8) is 0 Å². The Labute approximate surface area is 89.9 Å². The summed E-state index contributed by atoms with van der Waals surface area (Å²) in [5, 5.41) is 6.51. The maximum absolute atomic E-state index is 10.5. The van der Waals surface area contributed by atoms with E-state index in [4.69, 9.17) is 0 Å². The van der Waals surface area contributed by atoms with E-state index in [9.17, 15) is 4.91 Å². The second-order valence-electron chi connectivity index (χ2n) is 4.03. The maximum atomic E-state index is 10.5. The van der Waals surface area contributed by atoms with Gasteiger partial charge in [-0.15, -0.1) is 0 Å². The minimum atomic E-state index is 0.242. The lowest BCUT2D eigenvalue weighted by Gasteiger charge is -2.21. The Kier molecular flexibility index (Phi) is 3.45. The Hall–Kier alpha value is -1.22. The predicted molar refractivity (Wildman–Crippen MR) is 60.9 cm³/mol. The molecule has 1 aromatic rings. The fourth-order valence-electron chi connectivity index (χ4n) is 2.30. The van der Waals surface area contributed by atoms with Gasteiger partial charge in [-0.25, -0.2) is 0 Å². The van der Waals surface area contributed by atoms with Gasteiger partial charge in [0, 0.05) is 12.0 Å². The van der Waals surface area contributed by atoms with Gasteiger partial charge < -0.3 is 5.32 Å². The zero-order valence-electron chi connectivity index (χ0n) is 8.73. The van der Waals surface area contributed by atoms with Crippen LogP contribution in [0.2, 0.25) is 0 Å². The largest absolute Gasteiger partial charge is 0.313 e. The van der Waals surface area contributed by atoms with Crippen LogP contribution in [0, 0.1) is 4.91 Å². The Bertz CT molecular complexity index is 307. The molecule has 0 spiro atoms. The molecule has 1 aliphatic rings. The van der Waals surface area contributed by atoms with Gasteiger partial charge in [-0.05, 0) is 24.9 Å². The van der Waals surface area contributed by atoms with Gasteiger partial charge in [-0.2, -0.15) is 4.91 Å². The quantitative estimate of drug-likeness (QED) is 0.764. The summed E-state index contributed by atoms with van der Waals surface area (Å²) in [5.74, 6) is 0.242. The van der Waals surface area contributed by atoms with E-state index < -0.39 is 0 Å². The summed E-state index contributed by atoms with van der Waals surface area (Å²) in [5.41, 5.74) is 1.22. The van der Waals surface area contributed by atoms with Crippen molar-refractivity contribution < 1.29 is 0 Å². The van der Waals surface area contributed by atoms with Crippen LogP contribution in [0.15, 0.2) is 35.5 Å². The molecule has 0 saturated carbocycles. The van der Waals surface area contributed by atoms with Crippen LogP contribution in [0.3, 0.4) is 0 Å². The van der Waals surface area contributed by atoms with Gasteiger partial charge in [0.15, 0.2) is 0 Å². The molecule has 80 valence electrons. The molecule has 0 radical (unpaired) electrons. The van der Waals surface area contributed by atoms with Crippen LogP contribution >= 0.6 is 0 Å². The fourth-order valence-corrected chi connectivity index (χ4v) is 2.30. The molecule has 0 bridgehead atoms.